The van der Waals surface area contributed by atoms with Gasteiger partial charge in [-0.3, -0.25) is 4.79 Å². The zero-order chi connectivity index (χ0) is 14.6. The molecule has 0 aliphatic heterocycles. The van der Waals surface area contributed by atoms with Crippen molar-refractivity contribution >= 4 is 18.2 Å². The number of carbonyl (C=O) groups is 2. The molecule has 0 bridgehead atoms. The van der Waals surface area contributed by atoms with E-state index in [2.05, 4.69) is 16.2 Å². The summed E-state index contributed by atoms with van der Waals surface area (Å²) in [5, 5.41) is 2.46. The van der Waals surface area contributed by atoms with Gasteiger partial charge in [-0.1, -0.05) is 30.3 Å². The summed E-state index contributed by atoms with van der Waals surface area (Å²) >= 11 is 0. The van der Waals surface area contributed by atoms with E-state index < -0.39 is 6.09 Å². The monoisotopic (exact) mass is 272 g/mol. The molecule has 2 amide bonds. The average Bonchev–Trinajstić information content (AvgIpc) is 2.48. The number of hydrogen-bond acceptors (Lipinski definition) is 3. The van der Waals surface area contributed by atoms with E-state index in [1.807, 2.05) is 30.3 Å². The van der Waals surface area contributed by atoms with Crippen LogP contribution in [-0.4, -0.2) is 24.8 Å². The Balaban J connectivity index is 2.16. The zero-order valence-corrected chi connectivity index (χ0v) is 11.0. The van der Waals surface area contributed by atoms with Crippen LogP contribution in [0.2, 0.25) is 0 Å². The summed E-state index contributed by atoms with van der Waals surface area (Å²) in [6.45, 7) is 0.334. The second-order valence-electron chi connectivity index (χ2n) is 3.85. The van der Waals surface area contributed by atoms with Crippen LogP contribution in [0.5, 0.6) is 0 Å². The lowest BCUT2D eigenvalue weighted by Crippen LogP contribution is -2.26. The van der Waals surface area contributed by atoms with E-state index in [0.717, 1.165) is 5.56 Å². The second kappa shape index (κ2) is 9.34. The van der Waals surface area contributed by atoms with Gasteiger partial charge in [0.2, 0.25) is 5.91 Å². The SMILES string of the molecule is C#CCCC(=O)/N=C/CNC(=O)OCc1ccccc1. The largest absolute Gasteiger partial charge is 0.445 e. The third-order valence-electron chi connectivity index (χ3n) is 2.27. The minimum absolute atomic E-state index is 0.134. The Morgan fingerprint density at radius 2 is 2.10 bits per heavy atom. The van der Waals surface area contributed by atoms with Gasteiger partial charge >= 0.3 is 6.09 Å². The molecule has 0 fully saturated rings. The normalized spacial score (nSPS) is 9.95. The molecule has 0 heterocycles. The van der Waals surface area contributed by atoms with E-state index >= 15 is 0 Å². The standard InChI is InChI=1S/C15H16N2O3/c1-2-3-9-14(18)16-10-11-17-15(19)20-12-13-7-5-4-6-8-13/h1,4-8,10H,3,9,11-12H2,(H,17,19)/b16-10+. The summed E-state index contributed by atoms with van der Waals surface area (Å²) in [7, 11) is 0. The lowest BCUT2D eigenvalue weighted by Gasteiger charge is -2.04. The molecule has 1 aromatic carbocycles. The number of aliphatic imine (C=N–C) groups is 1. The molecular weight excluding hydrogens is 256 g/mol. The van der Waals surface area contributed by atoms with E-state index in [1.165, 1.54) is 6.21 Å². The molecule has 0 unspecified atom stereocenters. The van der Waals surface area contributed by atoms with Gasteiger partial charge in [-0.15, -0.1) is 12.3 Å². The van der Waals surface area contributed by atoms with E-state index in [-0.39, 0.29) is 25.5 Å². The summed E-state index contributed by atoms with van der Waals surface area (Å²) in [5.41, 5.74) is 0.903. The molecule has 0 spiro atoms. The fraction of sp³-hybridized carbons (Fsp3) is 0.267. The second-order valence-corrected chi connectivity index (χ2v) is 3.85. The molecule has 0 saturated heterocycles. The smallest absolute Gasteiger partial charge is 0.407 e. The minimum Gasteiger partial charge on any atom is -0.445 e. The van der Waals surface area contributed by atoms with Crippen molar-refractivity contribution in [3.05, 3.63) is 35.9 Å². The van der Waals surface area contributed by atoms with Crippen molar-refractivity contribution in [1.82, 2.24) is 5.32 Å². The Morgan fingerprint density at radius 1 is 1.35 bits per heavy atom. The number of ether oxygens (including phenoxy) is 1. The maximum Gasteiger partial charge on any atom is 0.407 e. The molecule has 20 heavy (non-hydrogen) atoms. The molecule has 0 radical (unpaired) electrons. The van der Waals surface area contributed by atoms with Gasteiger partial charge in [-0.2, -0.15) is 0 Å². The van der Waals surface area contributed by atoms with Crippen molar-refractivity contribution in [3.8, 4) is 12.3 Å². The van der Waals surface area contributed by atoms with Gasteiger partial charge in [0, 0.05) is 19.1 Å². The van der Waals surface area contributed by atoms with E-state index in [0.29, 0.717) is 6.42 Å². The first-order valence-electron chi connectivity index (χ1n) is 6.15. The Labute approximate surface area is 118 Å². The van der Waals surface area contributed by atoms with Crippen molar-refractivity contribution < 1.29 is 14.3 Å². The molecule has 104 valence electrons. The van der Waals surface area contributed by atoms with Crippen LogP contribution in [-0.2, 0) is 16.1 Å². The van der Waals surface area contributed by atoms with E-state index in [1.54, 1.807) is 0 Å². The summed E-state index contributed by atoms with van der Waals surface area (Å²) in [6, 6.07) is 9.34. The Morgan fingerprint density at radius 3 is 2.80 bits per heavy atom. The first-order chi connectivity index (χ1) is 9.72. The number of rotatable bonds is 6. The van der Waals surface area contributed by atoms with Crippen molar-refractivity contribution in [2.45, 2.75) is 19.4 Å². The Kier molecular flexibility index (Phi) is 7.21. The van der Waals surface area contributed by atoms with Gasteiger partial charge in [-0.05, 0) is 5.56 Å². The van der Waals surface area contributed by atoms with Crippen molar-refractivity contribution in [2.24, 2.45) is 4.99 Å². The highest BCUT2D eigenvalue weighted by Crippen LogP contribution is 2.00. The van der Waals surface area contributed by atoms with Gasteiger partial charge in [0.05, 0.1) is 6.54 Å². The first-order valence-corrected chi connectivity index (χ1v) is 6.15. The van der Waals surface area contributed by atoms with Crippen LogP contribution < -0.4 is 5.32 Å². The van der Waals surface area contributed by atoms with E-state index in [4.69, 9.17) is 11.2 Å². The zero-order valence-electron chi connectivity index (χ0n) is 11.0. The predicted molar refractivity (Wildman–Crippen MR) is 76.2 cm³/mol. The lowest BCUT2D eigenvalue weighted by molar-refractivity contribution is -0.117. The van der Waals surface area contributed by atoms with Gasteiger partial charge in [-0.25, -0.2) is 9.79 Å². The molecule has 1 rings (SSSR count). The van der Waals surface area contributed by atoms with Crippen molar-refractivity contribution in [1.29, 1.82) is 0 Å². The van der Waals surface area contributed by atoms with Crippen LogP contribution in [0.4, 0.5) is 4.79 Å². The number of benzene rings is 1. The molecule has 0 aromatic heterocycles. The fourth-order valence-electron chi connectivity index (χ4n) is 1.29. The number of amides is 2. The number of alkyl carbamates (subject to hydrolysis) is 1. The predicted octanol–water partition coefficient (Wildman–Crippen LogP) is 1.92. The maximum absolute atomic E-state index is 11.3. The minimum atomic E-state index is -0.559. The highest BCUT2D eigenvalue weighted by molar-refractivity contribution is 5.86. The molecule has 1 N–H and O–H groups in total. The van der Waals surface area contributed by atoms with Crippen LogP contribution in [0.15, 0.2) is 35.3 Å². The average molecular weight is 272 g/mol. The Hall–Kier alpha value is -2.61. The molecule has 5 heteroatoms. The van der Waals surface area contributed by atoms with Crippen LogP contribution >= 0.6 is 0 Å². The fourth-order valence-corrected chi connectivity index (χ4v) is 1.29. The first kappa shape index (κ1) is 15.4. The quantitative estimate of drug-likeness (QED) is 0.635. The molecule has 5 nitrogen and oxygen atoms in total. The number of carbonyl (C=O) groups excluding carboxylic acids is 2. The highest BCUT2D eigenvalue weighted by Gasteiger charge is 2.01. The maximum atomic E-state index is 11.3. The number of nitrogens with zero attached hydrogens (tertiary/aromatic N) is 1. The van der Waals surface area contributed by atoms with Crippen LogP contribution in [0.25, 0.3) is 0 Å². The van der Waals surface area contributed by atoms with Crippen LogP contribution in [0.1, 0.15) is 18.4 Å². The van der Waals surface area contributed by atoms with Crippen LogP contribution in [0, 0.1) is 12.3 Å². The number of nitrogens with one attached hydrogen (secondary N) is 1. The van der Waals surface area contributed by atoms with Gasteiger partial charge in [0.25, 0.3) is 0 Å². The molecule has 0 saturated carbocycles. The van der Waals surface area contributed by atoms with Crippen molar-refractivity contribution in [2.75, 3.05) is 6.54 Å². The lowest BCUT2D eigenvalue weighted by atomic mass is 10.2. The molecular formula is C15H16N2O3. The van der Waals surface area contributed by atoms with Gasteiger partial charge < -0.3 is 10.1 Å². The van der Waals surface area contributed by atoms with Crippen molar-refractivity contribution in [3.63, 3.8) is 0 Å². The molecule has 0 atom stereocenters. The number of terminal acetylenes is 1. The molecule has 0 aliphatic rings. The highest BCUT2D eigenvalue weighted by atomic mass is 16.5. The molecule has 1 aromatic rings. The number of hydrogen-bond donors (Lipinski definition) is 1. The Bertz CT molecular complexity index is 504. The third kappa shape index (κ3) is 6.97. The molecule has 0 aliphatic carbocycles. The summed E-state index contributed by atoms with van der Waals surface area (Å²) in [5.74, 6) is 2.05. The van der Waals surface area contributed by atoms with Gasteiger partial charge in [0.1, 0.15) is 6.61 Å². The van der Waals surface area contributed by atoms with E-state index in [9.17, 15) is 9.59 Å². The summed E-state index contributed by atoms with van der Waals surface area (Å²) in [6.07, 6.45) is 6.37. The van der Waals surface area contributed by atoms with Crippen LogP contribution in [0.3, 0.4) is 0 Å². The van der Waals surface area contributed by atoms with Gasteiger partial charge in [0.15, 0.2) is 0 Å². The third-order valence-corrected chi connectivity index (χ3v) is 2.27. The summed E-state index contributed by atoms with van der Waals surface area (Å²) < 4.78 is 4.98. The topological polar surface area (TPSA) is 67.8 Å². The summed E-state index contributed by atoms with van der Waals surface area (Å²) in [4.78, 5) is 26.1.